The Labute approximate surface area is 120 Å². The molecule has 0 aromatic heterocycles. The molecule has 1 unspecified atom stereocenters. The summed E-state index contributed by atoms with van der Waals surface area (Å²) in [6, 6.07) is 14.7. The summed E-state index contributed by atoms with van der Waals surface area (Å²) in [6.07, 6.45) is 5.02. The lowest BCUT2D eigenvalue weighted by atomic mass is 9.88. The van der Waals surface area contributed by atoms with E-state index >= 15 is 0 Å². The zero-order valence-corrected chi connectivity index (χ0v) is 11.9. The van der Waals surface area contributed by atoms with Crippen LogP contribution in [0.3, 0.4) is 0 Å². The molecule has 0 bridgehead atoms. The molecule has 0 fully saturated rings. The highest BCUT2D eigenvalue weighted by Gasteiger charge is 2.14. The number of hydrogen-bond donors (Lipinski definition) is 1. The second-order valence-electron chi connectivity index (χ2n) is 5.49. The Bertz CT molecular complexity index is 589. The number of nitrogens with two attached hydrogens (primary N) is 1. The van der Waals surface area contributed by atoms with E-state index in [4.69, 9.17) is 10.5 Å². The largest absolute Gasteiger partial charge is 0.497 e. The Hall–Kier alpha value is -1.80. The van der Waals surface area contributed by atoms with Crippen molar-refractivity contribution in [1.82, 2.24) is 0 Å². The van der Waals surface area contributed by atoms with Gasteiger partial charge in [-0.2, -0.15) is 0 Å². The van der Waals surface area contributed by atoms with E-state index in [-0.39, 0.29) is 6.04 Å². The van der Waals surface area contributed by atoms with Crippen molar-refractivity contribution >= 4 is 0 Å². The summed E-state index contributed by atoms with van der Waals surface area (Å²) < 4.78 is 5.19. The molecule has 3 rings (SSSR count). The zero-order valence-electron chi connectivity index (χ0n) is 11.9. The van der Waals surface area contributed by atoms with Crippen molar-refractivity contribution < 1.29 is 4.74 Å². The minimum absolute atomic E-state index is 0.0619. The van der Waals surface area contributed by atoms with Gasteiger partial charge in [-0.15, -0.1) is 0 Å². The van der Waals surface area contributed by atoms with Gasteiger partial charge in [-0.3, -0.25) is 0 Å². The molecule has 2 aromatic rings. The van der Waals surface area contributed by atoms with Crippen LogP contribution < -0.4 is 10.5 Å². The van der Waals surface area contributed by atoms with Crippen LogP contribution >= 0.6 is 0 Å². The quantitative estimate of drug-likeness (QED) is 0.921. The van der Waals surface area contributed by atoms with Gasteiger partial charge in [-0.05, 0) is 60.1 Å². The lowest BCUT2D eigenvalue weighted by Gasteiger charge is -2.19. The predicted molar refractivity (Wildman–Crippen MR) is 82.1 cm³/mol. The molecular weight excluding hydrogens is 246 g/mol. The first-order chi connectivity index (χ1) is 9.78. The third-order valence-corrected chi connectivity index (χ3v) is 4.21. The van der Waals surface area contributed by atoms with Crippen LogP contribution in [0.2, 0.25) is 0 Å². The average Bonchev–Trinajstić information content (AvgIpc) is 2.54. The van der Waals surface area contributed by atoms with E-state index in [0.717, 1.165) is 11.3 Å². The van der Waals surface area contributed by atoms with Crippen LogP contribution in [0.1, 0.15) is 41.1 Å². The van der Waals surface area contributed by atoms with Crippen LogP contribution in [-0.2, 0) is 12.8 Å². The first-order valence-corrected chi connectivity index (χ1v) is 7.29. The molecular formula is C18H21NO. The highest BCUT2D eigenvalue weighted by atomic mass is 16.5. The van der Waals surface area contributed by atoms with E-state index in [1.165, 1.54) is 42.4 Å². The van der Waals surface area contributed by atoms with Gasteiger partial charge in [0.15, 0.2) is 0 Å². The normalized spacial score (nSPS) is 15.5. The fourth-order valence-corrected chi connectivity index (χ4v) is 2.95. The SMILES string of the molecule is COc1ccc(C(N)c2ccc3c(c2)CCCC3)cc1. The van der Waals surface area contributed by atoms with Gasteiger partial charge in [0.05, 0.1) is 13.2 Å². The van der Waals surface area contributed by atoms with Crippen LogP contribution in [0.4, 0.5) is 0 Å². The molecule has 0 saturated heterocycles. The molecule has 0 aliphatic heterocycles. The van der Waals surface area contributed by atoms with E-state index in [0.29, 0.717) is 0 Å². The van der Waals surface area contributed by atoms with E-state index in [1.54, 1.807) is 7.11 Å². The molecule has 2 heteroatoms. The Kier molecular flexibility index (Phi) is 3.75. The number of rotatable bonds is 3. The third-order valence-electron chi connectivity index (χ3n) is 4.21. The Morgan fingerprint density at radius 3 is 2.25 bits per heavy atom. The van der Waals surface area contributed by atoms with E-state index in [9.17, 15) is 0 Å². The van der Waals surface area contributed by atoms with Crippen molar-refractivity contribution in [2.45, 2.75) is 31.7 Å². The number of fused-ring (bicyclic) bond motifs is 1. The second kappa shape index (κ2) is 5.68. The van der Waals surface area contributed by atoms with Crippen LogP contribution in [0.15, 0.2) is 42.5 Å². The van der Waals surface area contributed by atoms with Crippen molar-refractivity contribution in [2.24, 2.45) is 5.73 Å². The first-order valence-electron chi connectivity index (χ1n) is 7.29. The lowest BCUT2D eigenvalue weighted by Crippen LogP contribution is -2.13. The molecule has 0 saturated carbocycles. The Morgan fingerprint density at radius 2 is 1.55 bits per heavy atom. The number of ether oxygens (including phenoxy) is 1. The summed E-state index contributed by atoms with van der Waals surface area (Å²) >= 11 is 0. The fourth-order valence-electron chi connectivity index (χ4n) is 2.95. The van der Waals surface area contributed by atoms with Crippen LogP contribution in [0.5, 0.6) is 5.75 Å². The van der Waals surface area contributed by atoms with Crippen LogP contribution in [-0.4, -0.2) is 7.11 Å². The molecule has 1 atom stereocenters. The second-order valence-corrected chi connectivity index (χ2v) is 5.49. The maximum absolute atomic E-state index is 6.40. The molecule has 1 aliphatic rings. The molecule has 0 spiro atoms. The average molecular weight is 267 g/mol. The minimum Gasteiger partial charge on any atom is -0.497 e. The van der Waals surface area contributed by atoms with Crippen molar-refractivity contribution in [1.29, 1.82) is 0 Å². The molecule has 0 amide bonds. The number of aryl methyl sites for hydroxylation is 2. The maximum atomic E-state index is 6.40. The molecule has 2 nitrogen and oxygen atoms in total. The molecule has 2 aromatic carbocycles. The summed E-state index contributed by atoms with van der Waals surface area (Å²) in [5, 5.41) is 0. The minimum atomic E-state index is -0.0619. The van der Waals surface area contributed by atoms with Gasteiger partial charge in [0.1, 0.15) is 5.75 Å². The number of methoxy groups -OCH3 is 1. The third kappa shape index (κ3) is 2.56. The summed E-state index contributed by atoms with van der Waals surface area (Å²) in [5.74, 6) is 0.867. The molecule has 1 aliphatic carbocycles. The fraction of sp³-hybridized carbons (Fsp3) is 0.333. The van der Waals surface area contributed by atoms with Crippen molar-refractivity contribution in [3.05, 3.63) is 64.7 Å². The van der Waals surface area contributed by atoms with E-state index in [1.807, 2.05) is 24.3 Å². The smallest absolute Gasteiger partial charge is 0.118 e. The number of hydrogen-bond acceptors (Lipinski definition) is 2. The van der Waals surface area contributed by atoms with Gasteiger partial charge in [0, 0.05) is 0 Å². The van der Waals surface area contributed by atoms with Gasteiger partial charge < -0.3 is 10.5 Å². The number of benzene rings is 2. The van der Waals surface area contributed by atoms with Crippen molar-refractivity contribution in [2.75, 3.05) is 7.11 Å². The van der Waals surface area contributed by atoms with E-state index < -0.39 is 0 Å². The van der Waals surface area contributed by atoms with Gasteiger partial charge in [0.2, 0.25) is 0 Å². The first kappa shape index (κ1) is 13.2. The van der Waals surface area contributed by atoms with Crippen molar-refractivity contribution in [3.63, 3.8) is 0 Å². The summed E-state index contributed by atoms with van der Waals surface area (Å²) in [6.45, 7) is 0. The molecule has 20 heavy (non-hydrogen) atoms. The summed E-state index contributed by atoms with van der Waals surface area (Å²) in [5.41, 5.74) is 11.7. The van der Waals surface area contributed by atoms with Gasteiger partial charge in [-0.1, -0.05) is 30.3 Å². The standard InChI is InChI=1S/C18H21NO/c1-20-17-10-8-14(9-11-17)18(19)16-7-6-13-4-2-3-5-15(13)12-16/h6-12,18H,2-5,19H2,1H3. The molecule has 2 N–H and O–H groups in total. The van der Waals surface area contributed by atoms with Gasteiger partial charge >= 0.3 is 0 Å². The Balaban J connectivity index is 1.87. The highest BCUT2D eigenvalue weighted by Crippen LogP contribution is 2.27. The zero-order chi connectivity index (χ0) is 13.9. The molecule has 104 valence electrons. The van der Waals surface area contributed by atoms with E-state index in [2.05, 4.69) is 18.2 Å². The molecule has 0 radical (unpaired) electrons. The lowest BCUT2D eigenvalue weighted by molar-refractivity contribution is 0.414. The van der Waals surface area contributed by atoms with Crippen molar-refractivity contribution in [3.8, 4) is 5.75 Å². The van der Waals surface area contributed by atoms with Gasteiger partial charge in [-0.25, -0.2) is 0 Å². The maximum Gasteiger partial charge on any atom is 0.118 e. The Morgan fingerprint density at radius 1 is 0.900 bits per heavy atom. The topological polar surface area (TPSA) is 35.2 Å². The molecule has 0 heterocycles. The predicted octanol–water partition coefficient (Wildman–Crippen LogP) is 3.62. The van der Waals surface area contributed by atoms with Crippen LogP contribution in [0, 0.1) is 0 Å². The highest BCUT2D eigenvalue weighted by molar-refractivity contribution is 5.40. The van der Waals surface area contributed by atoms with Crippen LogP contribution in [0.25, 0.3) is 0 Å². The van der Waals surface area contributed by atoms with Gasteiger partial charge in [0.25, 0.3) is 0 Å². The monoisotopic (exact) mass is 267 g/mol. The summed E-state index contributed by atoms with van der Waals surface area (Å²) in [7, 11) is 1.68. The summed E-state index contributed by atoms with van der Waals surface area (Å²) in [4.78, 5) is 0.